The lowest BCUT2D eigenvalue weighted by atomic mass is 10.2. The molecule has 3 nitrogen and oxygen atoms in total. The first kappa shape index (κ1) is 10.6. The van der Waals surface area contributed by atoms with E-state index in [0.29, 0.717) is 5.56 Å². The van der Waals surface area contributed by atoms with Crippen molar-refractivity contribution in [2.75, 3.05) is 5.75 Å². The van der Waals surface area contributed by atoms with Crippen molar-refractivity contribution in [3.8, 4) is 6.07 Å². The largest absolute Gasteiger partial charge is 0.481 e. The van der Waals surface area contributed by atoms with Gasteiger partial charge in [0.25, 0.3) is 0 Å². The van der Waals surface area contributed by atoms with Crippen LogP contribution in [0.3, 0.4) is 0 Å². The second kappa shape index (κ2) is 4.68. The topological polar surface area (TPSA) is 61.1 Å². The van der Waals surface area contributed by atoms with Gasteiger partial charge in [-0.25, -0.2) is 0 Å². The summed E-state index contributed by atoms with van der Waals surface area (Å²) in [5.74, 6) is -0.786. The summed E-state index contributed by atoms with van der Waals surface area (Å²) in [6.45, 7) is 1.87. The predicted octanol–water partition coefficient (Wildman–Crippen LogP) is 2.04. The van der Waals surface area contributed by atoms with E-state index in [4.69, 9.17) is 10.4 Å². The van der Waals surface area contributed by atoms with Crippen molar-refractivity contribution in [1.29, 1.82) is 5.26 Å². The number of rotatable bonds is 3. The Balaban J connectivity index is 2.80. The van der Waals surface area contributed by atoms with Crippen LogP contribution in [0.25, 0.3) is 0 Å². The van der Waals surface area contributed by atoms with E-state index >= 15 is 0 Å². The third-order valence-electron chi connectivity index (χ3n) is 1.66. The first-order valence-corrected chi connectivity index (χ1v) is 4.97. The standard InChI is InChI=1S/C10H9NO2S/c1-7-4-8(5-11)2-3-9(7)14-6-10(12)13/h2-4H,6H2,1H3,(H,12,13). The minimum atomic E-state index is -0.834. The Kier molecular flexibility index (Phi) is 3.55. The van der Waals surface area contributed by atoms with Crippen LogP contribution in [0, 0.1) is 18.3 Å². The number of aliphatic carboxylic acids is 1. The summed E-state index contributed by atoms with van der Waals surface area (Å²) in [5.41, 5.74) is 1.54. The number of nitrogens with zero attached hydrogens (tertiary/aromatic N) is 1. The maximum atomic E-state index is 10.3. The van der Waals surface area contributed by atoms with Gasteiger partial charge in [-0.2, -0.15) is 5.26 Å². The summed E-state index contributed by atoms with van der Waals surface area (Å²) in [6.07, 6.45) is 0. The molecule has 1 aromatic carbocycles. The average molecular weight is 207 g/mol. The lowest BCUT2D eigenvalue weighted by Crippen LogP contribution is -1.97. The molecule has 0 aliphatic rings. The Hall–Kier alpha value is -1.47. The number of nitriles is 1. The van der Waals surface area contributed by atoms with E-state index in [9.17, 15) is 4.79 Å². The summed E-state index contributed by atoms with van der Waals surface area (Å²) in [7, 11) is 0. The van der Waals surface area contributed by atoms with Gasteiger partial charge in [-0.3, -0.25) is 4.79 Å². The van der Waals surface area contributed by atoms with Gasteiger partial charge in [-0.1, -0.05) is 0 Å². The van der Waals surface area contributed by atoms with Crippen molar-refractivity contribution in [3.63, 3.8) is 0 Å². The van der Waals surface area contributed by atoms with E-state index in [1.165, 1.54) is 11.8 Å². The number of benzene rings is 1. The fourth-order valence-electron chi connectivity index (χ4n) is 1.02. The van der Waals surface area contributed by atoms with Gasteiger partial charge in [0.2, 0.25) is 0 Å². The van der Waals surface area contributed by atoms with E-state index in [2.05, 4.69) is 0 Å². The lowest BCUT2D eigenvalue weighted by molar-refractivity contribution is -0.133. The highest BCUT2D eigenvalue weighted by Crippen LogP contribution is 2.22. The summed E-state index contributed by atoms with van der Waals surface area (Å²) in [6, 6.07) is 7.26. The molecule has 4 heteroatoms. The highest BCUT2D eigenvalue weighted by Gasteiger charge is 2.03. The van der Waals surface area contributed by atoms with Crippen molar-refractivity contribution in [2.45, 2.75) is 11.8 Å². The van der Waals surface area contributed by atoms with Crippen molar-refractivity contribution in [3.05, 3.63) is 29.3 Å². The molecular weight excluding hydrogens is 198 g/mol. The maximum absolute atomic E-state index is 10.3. The molecule has 1 N–H and O–H groups in total. The molecule has 0 aliphatic heterocycles. The summed E-state index contributed by atoms with van der Waals surface area (Å²) >= 11 is 1.27. The molecular formula is C10H9NO2S. The Morgan fingerprint density at radius 3 is 2.86 bits per heavy atom. The highest BCUT2D eigenvalue weighted by atomic mass is 32.2. The molecule has 1 rings (SSSR count). The second-order valence-corrected chi connectivity index (χ2v) is 3.79. The Morgan fingerprint density at radius 2 is 2.36 bits per heavy atom. The van der Waals surface area contributed by atoms with Gasteiger partial charge in [0.15, 0.2) is 0 Å². The number of carboxylic acids is 1. The molecule has 0 fully saturated rings. The fraction of sp³-hybridized carbons (Fsp3) is 0.200. The van der Waals surface area contributed by atoms with Gasteiger partial charge in [0.05, 0.1) is 17.4 Å². The van der Waals surface area contributed by atoms with Crippen molar-refractivity contribution in [2.24, 2.45) is 0 Å². The summed E-state index contributed by atoms with van der Waals surface area (Å²) < 4.78 is 0. The van der Waals surface area contributed by atoms with Crippen LogP contribution in [-0.2, 0) is 4.79 Å². The van der Waals surface area contributed by atoms with Crippen LogP contribution >= 0.6 is 11.8 Å². The van der Waals surface area contributed by atoms with Crippen molar-refractivity contribution >= 4 is 17.7 Å². The van der Waals surface area contributed by atoms with Crippen LogP contribution in [0.15, 0.2) is 23.1 Å². The maximum Gasteiger partial charge on any atom is 0.313 e. The molecule has 0 aromatic heterocycles. The van der Waals surface area contributed by atoms with E-state index in [1.807, 2.05) is 13.0 Å². The monoisotopic (exact) mass is 207 g/mol. The Labute approximate surface area is 86.4 Å². The highest BCUT2D eigenvalue weighted by molar-refractivity contribution is 8.00. The van der Waals surface area contributed by atoms with Crippen molar-refractivity contribution < 1.29 is 9.90 Å². The van der Waals surface area contributed by atoms with Crippen LogP contribution < -0.4 is 0 Å². The van der Waals surface area contributed by atoms with Crippen LogP contribution in [0.5, 0.6) is 0 Å². The van der Waals surface area contributed by atoms with Crippen LogP contribution in [-0.4, -0.2) is 16.8 Å². The molecule has 1 aromatic rings. The van der Waals surface area contributed by atoms with E-state index in [0.717, 1.165) is 10.5 Å². The zero-order valence-corrected chi connectivity index (χ0v) is 8.47. The minimum Gasteiger partial charge on any atom is -0.481 e. The van der Waals surface area contributed by atoms with Crippen molar-refractivity contribution in [1.82, 2.24) is 0 Å². The summed E-state index contributed by atoms with van der Waals surface area (Å²) in [5, 5.41) is 17.1. The SMILES string of the molecule is Cc1cc(C#N)ccc1SCC(=O)O. The molecule has 0 saturated heterocycles. The molecule has 0 aliphatic carbocycles. The molecule has 0 radical (unpaired) electrons. The zero-order chi connectivity index (χ0) is 10.6. The Morgan fingerprint density at radius 1 is 1.64 bits per heavy atom. The van der Waals surface area contributed by atoms with Gasteiger partial charge < -0.3 is 5.11 Å². The molecule has 72 valence electrons. The molecule has 0 unspecified atom stereocenters. The number of carbonyl (C=O) groups is 1. The van der Waals surface area contributed by atoms with E-state index in [-0.39, 0.29) is 5.75 Å². The smallest absolute Gasteiger partial charge is 0.313 e. The quantitative estimate of drug-likeness (QED) is 0.770. The number of aryl methyl sites for hydroxylation is 1. The van der Waals surface area contributed by atoms with E-state index < -0.39 is 5.97 Å². The minimum absolute atomic E-state index is 0.0484. The van der Waals surface area contributed by atoms with Crippen LogP contribution in [0.4, 0.5) is 0 Å². The van der Waals surface area contributed by atoms with Crippen LogP contribution in [0.1, 0.15) is 11.1 Å². The second-order valence-electron chi connectivity index (χ2n) is 2.77. The summed E-state index contributed by atoms with van der Waals surface area (Å²) in [4.78, 5) is 11.2. The Bertz CT molecular complexity index is 396. The molecule has 0 atom stereocenters. The molecule has 0 heterocycles. The van der Waals surface area contributed by atoms with Gasteiger partial charge >= 0.3 is 5.97 Å². The molecule has 0 spiro atoms. The first-order valence-electron chi connectivity index (χ1n) is 3.99. The molecule has 0 saturated carbocycles. The number of thioether (sulfide) groups is 1. The average Bonchev–Trinajstić information content (AvgIpc) is 2.15. The molecule has 0 bridgehead atoms. The fourth-order valence-corrected chi connectivity index (χ4v) is 1.75. The van der Waals surface area contributed by atoms with E-state index in [1.54, 1.807) is 18.2 Å². The van der Waals surface area contributed by atoms with Gasteiger partial charge in [0, 0.05) is 4.90 Å². The third kappa shape index (κ3) is 2.79. The molecule has 14 heavy (non-hydrogen) atoms. The molecule has 0 amide bonds. The number of hydrogen-bond donors (Lipinski definition) is 1. The zero-order valence-electron chi connectivity index (χ0n) is 7.65. The number of carboxylic acid groups (broad SMARTS) is 1. The first-order chi connectivity index (χ1) is 6.63. The number of hydrogen-bond acceptors (Lipinski definition) is 3. The van der Waals surface area contributed by atoms with Gasteiger partial charge in [-0.15, -0.1) is 11.8 Å². The normalized spacial score (nSPS) is 9.43. The predicted molar refractivity (Wildman–Crippen MR) is 54.3 cm³/mol. The van der Waals surface area contributed by atoms with Gasteiger partial charge in [0.1, 0.15) is 0 Å². The lowest BCUT2D eigenvalue weighted by Gasteiger charge is -2.03. The van der Waals surface area contributed by atoms with Gasteiger partial charge in [-0.05, 0) is 30.7 Å². The third-order valence-corrected chi connectivity index (χ3v) is 2.82. The van der Waals surface area contributed by atoms with Crippen LogP contribution in [0.2, 0.25) is 0 Å².